The van der Waals surface area contributed by atoms with Crippen LogP contribution in [0.2, 0.25) is 0 Å². The van der Waals surface area contributed by atoms with Crippen LogP contribution in [0.25, 0.3) is 0 Å². The molecule has 436 valence electrons. The first-order chi connectivity index (χ1) is 35.5. The number of carbonyl (C=O) groups excluding carboxylic acids is 2. The Labute approximate surface area is 454 Å². The van der Waals surface area contributed by atoms with Crippen LogP contribution in [0.5, 0.6) is 0 Å². The van der Waals surface area contributed by atoms with Crippen LogP contribution >= 0.6 is 7.82 Å². The van der Waals surface area contributed by atoms with Crippen LogP contribution in [0.3, 0.4) is 0 Å². The quantitative estimate of drug-likeness (QED) is 0.0278. The molecule has 0 saturated heterocycles. The zero-order chi connectivity index (χ0) is 53.5. The second-order valence-electron chi connectivity index (χ2n) is 23.5. The summed E-state index contributed by atoms with van der Waals surface area (Å²) in [6, 6.07) is 0. The Hall–Kier alpha value is -0.990. The van der Waals surface area contributed by atoms with E-state index in [1.54, 1.807) is 0 Å². The second kappa shape index (κ2) is 55.8. The first-order valence-electron chi connectivity index (χ1n) is 32.3. The van der Waals surface area contributed by atoms with Crippen LogP contribution in [-0.2, 0) is 32.7 Å². The normalized spacial score (nSPS) is 13.1. The molecule has 0 aromatic carbocycles. The van der Waals surface area contributed by atoms with Crippen molar-refractivity contribution in [2.45, 2.75) is 347 Å². The SMILES string of the molecule is CCCCCCCCCCCCCCCCCCCCCCCCCCCCCCCCCCCCCCCCCCCC(=O)OC(COC(=O)CCCCCCCCCC)COP(=O)(O)OCC[N+](C)(C)C. The van der Waals surface area contributed by atoms with Gasteiger partial charge in [-0.05, 0) is 12.8 Å². The van der Waals surface area contributed by atoms with Gasteiger partial charge in [-0.3, -0.25) is 18.6 Å². The molecule has 0 heterocycles. The van der Waals surface area contributed by atoms with E-state index < -0.39 is 26.5 Å². The lowest BCUT2D eigenvalue weighted by Crippen LogP contribution is -2.37. The van der Waals surface area contributed by atoms with Crippen molar-refractivity contribution < 1.29 is 42.1 Å². The van der Waals surface area contributed by atoms with Crippen LogP contribution in [0.15, 0.2) is 0 Å². The molecule has 10 heteroatoms. The van der Waals surface area contributed by atoms with Crippen LogP contribution in [0.1, 0.15) is 341 Å². The molecular weight excluding hydrogens is 930 g/mol. The smallest absolute Gasteiger partial charge is 0.462 e. The molecule has 0 aromatic rings. The topological polar surface area (TPSA) is 108 Å². The minimum absolute atomic E-state index is 0.0368. The summed E-state index contributed by atoms with van der Waals surface area (Å²) in [5.41, 5.74) is 0. The van der Waals surface area contributed by atoms with Gasteiger partial charge in [0.15, 0.2) is 6.10 Å². The summed E-state index contributed by atoms with van der Waals surface area (Å²) in [6.07, 6.45) is 65.5. The summed E-state index contributed by atoms with van der Waals surface area (Å²) in [4.78, 5) is 35.4. The van der Waals surface area contributed by atoms with Gasteiger partial charge in [-0.25, -0.2) is 4.57 Å². The number of hydrogen-bond acceptors (Lipinski definition) is 7. The number of likely N-dealkylation sites (N-methyl/N-ethyl adjacent to an activating group) is 1. The first kappa shape index (κ1) is 72.0. The molecule has 0 radical (unpaired) electrons. The van der Waals surface area contributed by atoms with Crippen molar-refractivity contribution in [3.8, 4) is 0 Å². The van der Waals surface area contributed by atoms with Crippen LogP contribution in [0, 0.1) is 0 Å². The van der Waals surface area contributed by atoms with Crippen molar-refractivity contribution in [1.82, 2.24) is 0 Å². The summed E-state index contributed by atoms with van der Waals surface area (Å²) in [5.74, 6) is -0.783. The number of ether oxygens (including phenoxy) is 2. The minimum atomic E-state index is -4.37. The molecule has 0 aliphatic carbocycles. The van der Waals surface area contributed by atoms with Crippen molar-refractivity contribution in [2.75, 3.05) is 47.5 Å². The molecule has 73 heavy (non-hydrogen) atoms. The Balaban J connectivity index is 3.70. The molecule has 0 amide bonds. The monoisotopic (exact) mass is 1060 g/mol. The van der Waals surface area contributed by atoms with E-state index in [4.69, 9.17) is 18.5 Å². The fourth-order valence-electron chi connectivity index (χ4n) is 9.90. The molecule has 0 fully saturated rings. The molecule has 1 N–H and O–H groups in total. The Morgan fingerprint density at radius 2 is 0.616 bits per heavy atom. The molecule has 9 nitrogen and oxygen atoms in total. The van der Waals surface area contributed by atoms with Gasteiger partial charge in [0.05, 0.1) is 27.7 Å². The maximum atomic E-state index is 12.8. The zero-order valence-electron chi connectivity index (χ0n) is 49.7. The maximum Gasteiger partial charge on any atom is 0.472 e. The van der Waals surface area contributed by atoms with Crippen molar-refractivity contribution >= 4 is 19.8 Å². The number of rotatable bonds is 61. The van der Waals surface area contributed by atoms with Gasteiger partial charge < -0.3 is 18.9 Å². The highest BCUT2D eigenvalue weighted by Crippen LogP contribution is 2.43. The summed E-state index contributed by atoms with van der Waals surface area (Å²) in [7, 11) is 1.50. The lowest BCUT2D eigenvalue weighted by atomic mass is 10.0. The van der Waals surface area contributed by atoms with Crippen LogP contribution < -0.4 is 0 Å². The summed E-state index contributed by atoms with van der Waals surface area (Å²) in [5, 5.41) is 0. The third kappa shape index (κ3) is 60.1. The van der Waals surface area contributed by atoms with Gasteiger partial charge in [-0.1, -0.05) is 316 Å². The van der Waals surface area contributed by atoms with E-state index in [1.165, 1.54) is 276 Å². The molecule has 0 spiro atoms. The molecule has 2 unspecified atom stereocenters. The maximum absolute atomic E-state index is 12.8. The fraction of sp³-hybridized carbons (Fsp3) is 0.968. The number of quaternary nitrogens is 1. The molecule has 0 rings (SSSR count). The number of phosphoric ester groups is 1. The third-order valence-corrected chi connectivity index (χ3v) is 15.9. The number of esters is 2. The van der Waals surface area contributed by atoms with E-state index in [2.05, 4.69) is 13.8 Å². The second-order valence-corrected chi connectivity index (χ2v) is 25.0. The van der Waals surface area contributed by atoms with Crippen molar-refractivity contribution in [3.05, 3.63) is 0 Å². The number of nitrogens with zero attached hydrogens (tertiary/aromatic N) is 1. The standard InChI is InChI=1S/C63H126NO8P/c1-6-8-10-12-14-16-17-18-19-20-21-22-23-24-25-26-27-28-29-30-31-32-33-34-35-36-37-38-39-40-41-42-43-44-45-46-47-48-50-52-54-56-63(66)72-61(60-71-73(67,68)70-58-57-64(3,4)5)59-69-62(65)55-53-51-49-15-13-11-9-7-2/h61H,6-60H2,1-5H3/p+1. The van der Waals surface area contributed by atoms with Crippen molar-refractivity contribution in [3.63, 3.8) is 0 Å². The highest BCUT2D eigenvalue weighted by molar-refractivity contribution is 7.47. The Morgan fingerprint density at radius 3 is 0.877 bits per heavy atom. The largest absolute Gasteiger partial charge is 0.472 e. The average molecular weight is 1060 g/mol. The molecule has 0 aliphatic rings. The van der Waals surface area contributed by atoms with E-state index >= 15 is 0 Å². The number of hydrogen-bond donors (Lipinski definition) is 1. The molecular formula is C63H127NO8P+. The minimum Gasteiger partial charge on any atom is -0.462 e. The lowest BCUT2D eigenvalue weighted by Gasteiger charge is -2.24. The van der Waals surface area contributed by atoms with E-state index in [1.807, 2.05) is 21.1 Å². The number of carbonyl (C=O) groups is 2. The first-order valence-corrected chi connectivity index (χ1v) is 33.8. The summed E-state index contributed by atoms with van der Waals surface area (Å²) < 4.78 is 34.4. The Bertz CT molecular complexity index is 1200. The average Bonchev–Trinajstić information content (AvgIpc) is 3.35. The number of unbranched alkanes of at least 4 members (excludes halogenated alkanes) is 47. The predicted molar refractivity (Wildman–Crippen MR) is 312 cm³/mol. The van der Waals surface area contributed by atoms with E-state index in [9.17, 15) is 19.0 Å². The van der Waals surface area contributed by atoms with Crippen LogP contribution in [-0.4, -0.2) is 74.9 Å². The Kier molecular flexibility index (Phi) is 55.0. The van der Waals surface area contributed by atoms with Gasteiger partial charge in [0.1, 0.15) is 19.8 Å². The highest BCUT2D eigenvalue weighted by atomic mass is 31.2. The molecule has 0 saturated carbocycles. The fourth-order valence-corrected chi connectivity index (χ4v) is 10.6. The summed E-state index contributed by atoms with van der Waals surface area (Å²) in [6.45, 7) is 4.45. The van der Waals surface area contributed by atoms with Gasteiger partial charge in [0.25, 0.3) is 0 Å². The molecule has 0 bridgehead atoms. The van der Waals surface area contributed by atoms with Gasteiger partial charge in [-0.2, -0.15) is 0 Å². The molecule has 2 atom stereocenters. The predicted octanol–water partition coefficient (Wildman–Crippen LogP) is 20.2. The van der Waals surface area contributed by atoms with E-state index in [0.29, 0.717) is 17.4 Å². The van der Waals surface area contributed by atoms with Gasteiger partial charge >= 0.3 is 19.8 Å². The highest BCUT2D eigenvalue weighted by Gasteiger charge is 2.27. The van der Waals surface area contributed by atoms with Crippen LogP contribution in [0.4, 0.5) is 0 Å². The van der Waals surface area contributed by atoms with Crippen molar-refractivity contribution in [2.24, 2.45) is 0 Å². The van der Waals surface area contributed by atoms with E-state index in [0.717, 1.165) is 38.5 Å². The van der Waals surface area contributed by atoms with E-state index in [-0.39, 0.29) is 25.6 Å². The Morgan fingerprint density at radius 1 is 0.370 bits per heavy atom. The molecule has 0 aliphatic heterocycles. The van der Waals surface area contributed by atoms with Gasteiger partial charge in [-0.15, -0.1) is 0 Å². The van der Waals surface area contributed by atoms with Gasteiger partial charge in [0, 0.05) is 12.8 Å². The van der Waals surface area contributed by atoms with Crippen molar-refractivity contribution in [1.29, 1.82) is 0 Å². The third-order valence-electron chi connectivity index (χ3n) is 14.9. The molecule has 0 aromatic heterocycles. The summed E-state index contributed by atoms with van der Waals surface area (Å²) >= 11 is 0. The van der Waals surface area contributed by atoms with Gasteiger partial charge in [0.2, 0.25) is 0 Å². The number of phosphoric acid groups is 1. The zero-order valence-corrected chi connectivity index (χ0v) is 50.6. The lowest BCUT2D eigenvalue weighted by molar-refractivity contribution is -0.870.